The van der Waals surface area contributed by atoms with Crippen LogP contribution in [0.3, 0.4) is 0 Å². The molecule has 0 atom stereocenters. The van der Waals surface area contributed by atoms with E-state index in [1.165, 1.54) is 18.2 Å². The normalized spacial score (nSPS) is 11.5. The van der Waals surface area contributed by atoms with Crippen molar-refractivity contribution in [3.8, 4) is 18.2 Å². The van der Waals surface area contributed by atoms with Crippen molar-refractivity contribution >= 4 is 53.2 Å². The van der Waals surface area contributed by atoms with Gasteiger partial charge < -0.3 is 33.3 Å². The van der Waals surface area contributed by atoms with Gasteiger partial charge in [0.2, 0.25) is 0 Å². The fourth-order valence-corrected chi connectivity index (χ4v) is 4.76. The van der Waals surface area contributed by atoms with E-state index >= 15 is 0 Å². The molecule has 0 aliphatic carbocycles. The zero-order chi connectivity index (χ0) is 39.8. The molecule has 3 aromatic rings. The lowest BCUT2D eigenvalue weighted by atomic mass is 10.1. The average molecular weight is 747 g/mol. The fraction of sp³-hybridized carbons (Fsp3) is 0.286. The number of ether oxygens (including phenoxy) is 6. The number of esters is 3. The maximum absolute atomic E-state index is 12.4. The van der Waals surface area contributed by atoms with Crippen molar-refractivity contribution in [3.63, 3.8) is 0 Å². The van der Waals surface area contributed by atoms with Gasteiger partial charge in [-0.25, -0.2) is 14.4 Å². The van der Waals surface area contributed by atoms with Crippen LogP contribution in [-0.4, -0.2) is 77.4 Å². The van der Waals surface area contributed by atoms with Gasteiger partial charge in [-0.15, -0.1) is 0 Å². The third-order valence-corrected chi connectivity index (χ3v) is 7.40. The van der Waals surface area contributed by atoms with E-state index in [9.17, 15) is 30.2 Å². The molecule has 0 unspecified atom stereocenters. The Morgan fingerprint density at radius 3 is 0.945 bits per heavy atom. The van der Waals surface area contributed by atoms with E-state index in [4.69, 9.17) is 28.4 Å². The zero-order valence-corrected chi connectivity index (χ0v) is 31.0. The topological polar surface area (TPSA) is 181 Å². The molecule has 0 heterocycles. The maximum atomic E-state index is 12.4. The van der Waals surface area contributed by atoms with Gasteiger partial charge in [0.15, 0.2) is 0 Å². The summed E-state index contributed by atoms with van der Waals surface area (Å²) in [5, 5.41) is 28.8. The molecule has 284 valence electrons. The van der Waals surface area contributed by atoms with E-state index < -0.39 is 17.9 Å². The molecule has 0 aliphatic rings. The molecule has 0 bridgehead atoms. The molecule has 0 aromatic heterocycles. The van der Waals surface area contributed by atoms with Crippen molar-refractivity contribution in [2.24, 2.45) is 0 Å². The van der Waals surface area contributed by atoms with E-state index in [1.807, 2.05) is 43.9 Å². The van der Waals surface area contributed by atoms with Crippen molar-refractivity contribution in [2.75, 3.05) is 64.4 Å². The van der Waals surface area contributed by atoms with E-state index in [0.717, 1.165) is 0 Å². The van der Waals surface area contributed by atoms with Gasteiger partial charge in [-0.05, 0) is 92.1 Å². The molecule has 0 N–H and O–H groups in total. The van der Waals surface area contributed by atoms with Crippen LogP contribution in [0, 0.1) is 34.0 Å². The van der Waals surface area contributed by atoms with Gasteiger partial charge in [-0.3, -0.25) is 0 Å². The zero-order valence-electron chi connectivity index (χ0n) is 31.0. The summed E-state index contributed by atoms with van der Waals surface area (Å²) in [6.45, 7) is 7.65. The molecule has 3 rings (SSSR count). The summed E-state index contributed by atoms with van der Waals surface area (Å²) >= 11 is 0. The van der Waals surface area contributed by atoms with Gasteiger partial charge in [0.25, 0.3) is 0 Å². The fourth-order valence-electron chi connectivity index (χ4n) is 4.76. The van der Waals surface area contributed by atoms with Gasteiger partial charge in [-0.1, -0.05) is 36.4 Å². The molecule has 0 spiro atoms. The third-order valence-electron chi connectivity index (χ3n) is 7.40. The van der Waals surface area contributed by atoms with Crippen LogP contribution in [0.1, 0.15) is 37.5 Å². The molecule has 0 saturated carbocycles. The summed E-state index contributed by atoms with van der Waals surface area (Å²) in [5.41, 5.74) is 3.34. The van der Waals surface area contributed by atoms with Crippen LogP contribution < -0.4 is 4.90 Å². The van der Waals surface area contributed by atoms with Gasteiger partial charge in [0.05, 0.1) is 19.8 Å². The Morgan fingerprint density at radius 1 is 0.473 bits per heavy atom. The predicted molar refractivity (Wildman–Crippen MR) is 204 cm³/mol. The number of hydrogen-bond acceptors (Lipinski definition) is 13. The minimum absolute atomic E-state index is 0.0233. The van der Waals surface area contributed by atoms with Gasteiger partial charge in [-0.2, -0.15) is 15.8 Å². The number of hydrogen-bond donors (Lipinski definition) is 0. The molecule has 3 aromatic carbocycles. The van der Waals surface area contributed by atoms with Crippen molar-refractivity contribution in [2.45, 2.75) is 20.8 Å². The second kappa shape index (κ2) is 23.9. The third kappa shape index (κ3) is 14.1. The number of rotatable bonds is 21. The Balaban J connectivity index is 1.96. The molecule has 0 amide bonds. The monoisotopic (exact) mass is 746 g/mol. The number of nitrogens with zero attached hydrogens (tertiary/aromatic N) is 4. The predicted octanol–water partition coefficient (Wildman–Crippen LogP) is 6.62. The Labute approximate surface area is 320 Å². The summed E-state index contributed by atoms with van der Waals surface area (Å²) in [7, 11) is 0. The minimum atomic E-state index is -0.757. The van der Waals surface area contributed by atoms with Crippen molar-refractivity contribution in [1.82, 2.24) is 0 Å². The molecule has 55 heavy (non-hydrogen) atoms. The molecule has 13 nitrogen and oxygen atoms in total. The average Bonchev–Trinajstić information content (AvgIpc) is 3.21. The number of carbonyl (C=O) groups excluding carboxylic acids is 3. The molecule has 0 aliphatic heterocycles. The number of nitriles is 3. The molecule has 13 heteroatoms. The second-order valence-electron chi connectivity index (χ2n) is 11.1. The maximum Gasteiger partial charge on any atom is 0.348 e. The number of benzene rings is 3. The van der Waals surface area contributed by atoms with Crippen LogP contribution in [0.25, 0.3) is 18.2 Å². The number of carbonyl (C=O) groups is 3. The van der Waals surface area contributed by atoms with Crippen LogP contribution in [0.2, 0.25) is 0 Å². The highest BCUT2D eigenvalue weighted by Gasteiger charge is 2.16. The summed E-state index contributed by atoms with van der Waals surface area (Å²) < 4.78 is 31.0. The van der Waals surface area contributed by atoms with Gasteiger partial charge in [0, 0.05) is 36.9 Å². The van der Waals surface area contributed by atoms with E-state index in [1.54, 1.807) is 72.8 Å². The van der Waals surface area contributed by atoms with Crippen LogP contribution in [0.5, 0.6) is 0 Å². The molecule has 0 saturated heterocycles. The first-order chi connectivity index (χ1) is 26.8. The SMILES string of the molecule is CCOCCOC(=O)/C(C#N)=C/c1ccc(N(c2ccc(/C=C(\C#N)C(=O)OCCOCC)cc2)c2ccc(/C=C(\C#N)C(=O)OCCOCC)cc2)cc1. The lowest BCUT2D eigenvalue weighted by molar-refractivity contribution is -0.140. The lowest BCUT2D eigenvalue weighted by Gasteiger charge is -2.26. The quantitative estimate of drug-likeness (QED) is 0.0373. The Kier molecular flexibility index (Phi) is 18.6. The second-order valence-corrected chi connectivity index (χ2v) is 11.1. The minimum Gasteiger partial charge on any atom is -0.459 e. The van der Waals surface area contributed by atoms with E-state index in [2.05, 4.69) is 0 Å². The first-order valence-corrected chi connectivity index (χ1v) is 17.5. The van der Waals surface area contributed by atoms with Crippen LogP contribution >= 0.6 is 0 Å². The Morgan fingerprint density at radius 2 is 0.727 bits per heavy atom. The Bertz CT molecular complexity index is 1720. The molecular weight excluding hydrogens is 704 g/mol. The lowest BCUT2D eigenvalue weighted by Crippen LogP contribution is -2.12. The van der Waals surface area contributed by atoms with Crippen molar-refractivity contribution in [1.29, 1.82) is 15.8 Å². The summed E-state index contributed by atoms with van der Waals surface area (Å²) in [4.78, 5) is 39.3. The first-order valence-electron chi connectivity index (χ1n) is 17.5. The molecular formula is C42H42N4O9. The van der Waals surface area contributed by atoms with E-state index in [0.29, 0.717) is 53.6 Å². The van der Waals surface area contributed by atoms with Crippen LogP contribution in [-0.2, 0) is 42.8 Å². The first kappa shape index (κ1) is 42.8. The number of anilines is 3. The van der Waals surface area contributed by atoms with E-state index in [-0.39, 0.29) is 56.4 Å². The highest BCUT2D eigenvalue weighted by Crippen LogP contribution is 2.35. The van der Waals surface area contributed by atoms with Gasteiger partial charge in [0.1, 0.15) is 54.7 Å². The highest BCUT2D eigenvalue weighted by atomic mass is 16.6. The molecule has 0 radical (unpaired) electrons. The summed E-state index contributed by atoms with van der Waals surface area (Å²) in [6.07, 6.45) is 4.30. The summed E-state index contributed by atoms with van der Waals surface area (Å²) in [6, 6.07) is 27.0. The largest absolute Gasteiger partial charge is 0.459 e. The van der Waals surface area contributed by atoms with Gasteiger partial charge >= 0.3 is 17.9 Å². The smallest absolute Gasteiger partial charge is 0.348 e. The van der Waals surface area contributed by atoms with Crippen LogP contribution in [0.15, 0.2) is 89.5 Å². The van der Waals surface area contributed by atoms with Crippen molar-refractivity contribution in [3.05, 3.63) is 106 Å². The standard InChI is InChI=1S/C42H42N4O9/c1-4-50-19-22-53-40(47)34(28-43)25-31-7-13-37(14-8-31)46(38-15-9-32(10-16-38)26-35(29-44)41(48)54-23-20-51-5-2)39-17-11-33(12-18-39)27-36(30-45)42(49)55-24-21-52-6-3/h7-18,25-27H,4-6,19-24H2,1-3H3/b34-25+,35-26+,36-27+. The Hall–Kier alpha value is -6.56. The molecule has 0 fully saturated rings. The van der Waals surface area contributed by atoms with Crippen molar-refractivity contribution < 1.29 is 42.8 Å². The highest BCUT2D eigenvalue weighted by molar-refractivity contribution is 5.99. The summed E-state index contributed by atoms with van der Waals surface area (Å²) in [5.74, 6) is -2.27. The van der Waals surface area contributed by atoms with Crippen LogP contribution in [0.4, 0.5) is 17.1 Å².